The van der Waals surface area contributed by atoms with Crippen molar-refractivity contribution in [2.24, 2.45) is 0 Å². The van der Waals surface area contributed by atoms with Crippen molar-refractivity contribution in [3.8, 4) is 0 Å². The number of hydrogen-bond acceptors (Lipinski definition) is 2. The lowest BCUT2D eigenvalue weighted by Gasteiger charge is -2.18. The van der Waals surface area contributed by atoms with E-state index in [2.05, 4.69) is 5.32 Å². The van der Waals surface area contributed by atoms with Crippen LogP contribution in [0.5, 0.6) is 0 Å². The first-order valence-corrected chi connectivity index (χ1v) is 5.12. The average molecular weight is 207 g/mol. The fraction of sp³-hybridized carbons (Fsp3) is 0.417. The van der Waals surface area contributed by atoms with Crippen molar-refractivity contribution in [2.75, 3.05) is 0 Å². The fourth-order valence-corrected chi connectivity index (χ4v) is 1.59. The Morgan fingerprint density at radius 2 is 1.93 bits per heavy atom. The molecule has 0 fully saturated rings. The molecule has 0 aliphatic heterocycles. The van der Waals surface area contributed by atoms with Crippen LogP contribution < -0.4 is 5.32 Å². The van der Waals surface area contributed by atoms with Gasteiger partial charge in [0, 0.05) is 12.1 Å². The topological polar surface area (TPSA) is 49.3 Å². The van der Waals surface area contributed by atoms with Gasteiger partial charge in [-0.15, -0.1) is 0 Å². The van der Waals surface area contributed by atoms with E-state index in [1.54, 1.807) is 0 Å². The number of aliphatic carboxylic acids is 1. The van der Waals surface area contributed by atoms with Crippen molar-refractivity contribution in [2.45, 2.75) is 32.4 Å². The Kier molecular flexibility index (Phi) is 4.31. The van der Waals surface area contributed by atoms with Crippen LogP contribution in [0.25, 0.3) is 0 Å². The van der Waals surface area contributed by atoms with Crippen LogP contribution in [0.1, 0.15) is 31.9 Å². The quantitative estimate of drug-likeness (QED) is 0.778. The summed E-state index contributed by atoms with van der Waals surface area (Å²) in [5.41, 5.74) is 1.18. The van der Waals surface area contributed by atoms with Crippen LogP contribution in [0.2, 0.25) is 0 Å². The van der Waals surface area contributed by atoms with E-state index in [-0.39, 0.29) is 18.5 Å². The zero-order chi connectivity index (χ0) is 11.3. The van der Waals surface area contributed by atoms with Gasteiger partial charge < -0.3 is 10.4 Å². The van der Waals surface area contributed by atoms with Gasteiger partial charge in [0.1, 0.15) is 0 Å². The SMILES string of the molecule is CC(CC(=O)O)N[C@H](C)c1ccccc1. The number of nitrogens with one attached hydrogen (secondary N) is 1. The minimum atomic E-state index is -0.768. The molecule has 1 rings (SSSR count). The van der Waals surface area contributed by atoms with E-state index < -0.39 is 5.97 Å². The largest absolute Gasteiger partial charge is 0.481 e. The number of rotatable bonds is 5. The van der Waals surface area contributed by atoms with Crippen LogP contribution in [0.3, 0.4) is 0 Å². The molecule has 3 nitrogen and oxygen atoms in total. The van der Waals surface area contributed by atoms with E-state index in [1.807, 2.05) is 44.2 Å². The second kappa shape index (κ2) is 5.51. The van der Waals surface area contributed by atoms with Crippen LogP contribution in [0.15, 0.2) is 30.3 Å². The normalized spacial score (nSPS) is 14.5. The summed E-state index contributed by atoms with van der Waals surface area (Å²) in [7, 11) is 0. The van der Waals surface area contributed by atoms with Crippen molar-refractivity contribution < 1.29 is 9.90 Å². The van der Waals surface area contributed by atoms with E-state index in [9.17, 15) is 4.79 Å². The van der Waals surface area contributed by atoms with Gasteiger partial charge in [0.15, 0.2) is 0 Å². The summed E-state index contributed by atoms with van der Waals surface area (Å²) in [5.74, 6) is -0.768. The predicted octanol–water partition coefficient (Wildman–Crippen LogP) is 2.20. The molecule has 0 aliphatic rings. The number of benzene rings is 1. The minimum absolute atomic E-state index is 0.0160. The molecule has 0 aliphatic carbocycles. The van der Waals surface area contributed by atoms with E-state index in [0.29, 0.717) is 0 Å². The molecule has 1 aromatic rings. The van der Waals surface area contributed by atoms with Crippen LogP contribution >= 0.6 is 0 Å². The van der Waals surface area contributed by atoms with Gasteiger partial charge >= 0.3 is 5.97 Å². The highest BCUT2D eigenvalue weighted by atomic mass is 16.4. The molecule has 1 aromatic carbocycles. The summed E-state index contributed by atoms with van der Waals surface area (Å²) in [5, 5.41) is 11.9. The highest BCUT2D eigenvalue weighted by Gasteiger charge is 2.11. The number of carboxylic acids is 1. The van der Waals surface area contributed by atoms with Crippen molar-refractivity contribution in [1.82, 2.24) is 5.32 Å². The van der Waals surface area contributed by atoms with Gasteiger partial charge in [-0.25, -0.2) is 0 Å². The van der Waals surface area contributed by atoms with Crippen LogP contribution in [-0.4, -0.2) is 17.1 Å². The van der Waals surface area contributed by atoms with Gasteiger partial charge in [0.05, 0.1) is 6.42 Å². The highest BCUT2D eigenvalue weighted by molar-refractivity contribution is 5.67. The van der Waals surface area contributed by atoms with Crippen LogP contribution in [0.4, 0.5) is 0 Å². The minimum Gasteiger partial charge on any atom is -0.481 e. The molecule has 1 unspecified atom stereocenters. The maximum Gasteiger partial charge on any atom is 0.304 e. The Bertz CT molecular complexity index is 311. The van der Waals surface area contributed by atoms with Crippen molar-refractivity contribution in [3.05, 3.63) is 35.9 Å². The molecule has 0 heterocycles. The lowest BCUT2D eigenvalue weighted by atomic mass is 10.1. The fourth-order valence-electron chi connectivity index (χ4n) is 1.59. The number of carboxylic acid groups (broad SMARTS) is 1. The molecule has 0 aromatic heterocycles. The second-order valence-corrected chi connectivity index (χ2v) is 3.80. The standard InChI is InChI=1S/C12H17NO2/c1-9(8-12(14)15)13-10(2)11-6-4-3-5-7-11/h3-7,9-10,13H,8H2,1-2H3,(H,14,15)/t9?,10-/m1/s1. The molecule has 2 N–H and O–H groups in total. The second-order valence-electron chi connectivity index (χ2n) is 3.80. The summed E-state index contributed by atoms with van der Waals surface area (Å²) < 4.78 is 0. The first kappa shape index (κ1) is 11.7. The Labute approximate surface area is 90.1 Å². The van der Waals surface area contributed by atoms with Crippen molar-refractivity contribution in [3.63, 3.8) is 0 Å². The molecule has 2 atom stereocenters. The van der Waals surface area contributed by atoms with E-state index in [1.165, 1.54) is 5.56 Å². The zero-order valence-corrected chi connectivity index (χ0v) is 9.10. The summed E-state index contributed by atoms with van der Waals surface area (Å²) in [6, 6.07) is 10.2. The van der Waals surface area contributed by atoms with Gasteiger partial charge in [-0.05, 0) is 19.4 Å². The molecule has 0 spiro atoms. The Morgan fingerprint density at radius 1 is 1.33 bits per heavy atom. The summed E-state index contributed by atoms with van der Waals surface area (Å²) >= 11 is 0. The molecule has 0 radical (unpaired) electrons. The molecule has 3 heteroatoms. The Hall–Kier alpha value is -1.35. The highest BCUT2D eigenvalue weighted by Crippen LogP contribution is 2.12. The van der Waals surface area contributed by atoms with E-state index in [4.69, 9.17) is 5.11 Å². The molecular weight excluding hydrogens is 190 g/mol. The lowest BCUT2D eigenvalue weighted by Crippen LogP contribution is -2.30. The molecule has 0 saturated carbocycles. The monoisotopic (exact) mass is 207 g/mol. The predicted molar refractivity (Wildman–Crippen MR) is 59.7 cm³/mol. The van der Waals surface area contributed by atoms with E-state index in [0.717, 1.165) is 0 Å². The first-order chi connectivity index (χ1) is 7.09. The van der Waals surface area contributed by atoms with Crippen LogP contribution in [0, 0.1) is 0 Å². The average Bonchev–Trinajstić information content (AvgIpc) is 2.17. The number of hydrogen-bond donors (Lipinski definition) is 2. The molecule has 0 bridgehead atoms. The lowest BCUT2D eigenvalue weighted by molar-refractivity contribution is -0.137. The molecule has 0 saturated heterocycles. The molecular formula is C12H17NO2. The van der Waals surface area contributed by atoms with Crippen molar-refractivity contribution >= 4 is 5.97 Å². The van der Waals surface area contributed by atoms with Crippen molar-refractivity contribution in [1.29, 1.82) is 0 Å². The van der Waals surface area contributed by atoms with Gasteiger partial charge in [-0.2, -0.15) is 0 Å². The molecule has 15 heavy (non-hydrogen) atoms. The maximum atomic E-state index is 10.5. The molecule has 82 valence electrons. The van der Waals surface area contributed by atoms with Gasteiger partial charge in [0.2, 0.25) is 0 Å². The Balaban J connectivity index is 2.49. The van der Waals surface area contributed by atoms with Gasteiger partial charge in [-0.1, -0.05) is 30.3 Å². The van der Waals surface area contributed by atoms with Gasteiger partial charge in [0.25, 0.3) is 0 Å². The third kappa shape index (κ3) is 4.13. The van der Waals surface area contributed by atoms with Gasteiger partial charge in [-0.3, -0.25) is 4.79 Å². The zero-order valence-electron chi connectivity index (χ0n) is 9.10. The molecule has 0 amide bonds. The summed E-state index contributed by atoms with van der Waals surface area (Å²) in [6.07, 6.45) is 0.150. The summed E-state index contributed by atoms with van der Waals surface area (Å²) in [4.78, 5) is 10.5. The Morgan fingerprint density at radius 3 is 2.47 bits per heavy atom. The van der Waals surface area contributed by atoms with Crippen LogP contribution in [-0.2, 0) is 4.79 Å². The summed E-state index contributed by atoms with van der Waals surface area (Å²) in [6.45, 7) is 3.92. The maximum absolute atomic E-state index is 10.5. The first-order valence-electron chi connectivity index (χ1n) is 5.12. The number of carbonyl (C=O) groups is 1. The smallest absolute Gasteiger partial charge is 0.304 e. The third-order valence-corrected chi connectivity index (χ3v) is 2.31. The van der Waals surface area contributed by atoms with E-state index >= 15 is 0 Å². The third-order valence-electron chi connectivity index (χ3n) is 2.31.